The zero-order valence-corrected chi connectivity index (χ0v) is 12.0. The lowest BCUT2D eigenvalue weighted by Crippen LogP contribution is -2.22. The second-order valence-corrected chi connectivity index (χ2v) is 6.27. The first-order chi connectivity index (χ1) is 8.86. The van der Waals surface area contributed by atoms with Crippen LogP contribution in [0.5, 0.6) is 5.75 Å². The molecular weight excluding hydrogens is 340 g/mol. The number of cyclic esters (lactones) is 1. The molecule has 3 N–H and O–H groups in total. The van der Waals surface area contributed by atoms with Crippen molar-refractivity contribution >= 4 is 32.0 Å². The molecule has 2 rings (SSSR count). The fraction of sp³-hybridized carbons (Fsp3) is 0.300. The average Bonchev–Trinajstić information content (AvgIpc) is 2.72. The molecule has 19 heavy (non-hydrogen) atoms. The van der Waals surface area contributed by atoms with Gasteiger partial charge in [0.2, 0.25) is 10.0 Å². The second-order valence-electron chi connectivity index (χ2n) is 3.86. The molecule has 104 valence electrons. The van der Waals surface area contributed by atoms with Gasteiger partial charge in [-0.2, -0.15) is 0 Å². The van der Waals surface area contributed by atoms with Crippen molar-refractivity contribution in [1.29, 1.82) is 0 Å². The Balaban J connectivity index is 2.03. The van der Waals surface area contributed by atoms with Gasteiger partial charge in [0.05, 0.1) is 15.9 Å². The summed E-state index contributed by atoms with van der Waals surface area (Å²) < 4.78 is 33.1. The molecule has 0 aromatic heterocycles. The number of carbonyl (C=O) groups excluding carboxylic acids is 1. The summed E-state index contributed by atoms with van der Waals surface area (Å²) in [4.78, 5) is 10.8. The van der Waals surface area contributed by atoms with Crippen molar-refractivity contribution in [2.45, 2.75) is 11.0 Å². The number of rotatable bonds is 4. The van der Waals surface area contributed by atoms with Crippen molar-refractivity contribution in [3.05, 3.63) is 22.7 Å². The number of nitrogens with one attached hydrogen (secondary N) is 1. The Morgan fingerprint density at radius 1 is 1.53 bits per heavy atom. The Hall–Kier alpha value is -1.32. The predicted octanol–water partition coefficient (Wildman–Crippen LogP) is 0.584. The van der Waals surface area contributed by atoms with Crippen LogP contribution in [0.25, 0.3) is 0 Å². The highest BCUT2D eigenvalue weighted by Gasteiger charge is 2.23. The summed E-state index contributed by atoms with van der Waals surface area (Å²) in [5.74, 6) is 0.440. The summed E-state index contributed by atoms with van der Waals surface area (Å²) in [6.45, 7) is 0.553. The highest BCUT2D eigenvalue weighted by molar-refractivity contribution is 9.10. The molecule has 0 bridgehead atoms. The van der Waals surface area contributed by atoms with Gasteiger partial charge in [0, 0.05) is 0 Å². The van der Waals surface area contributed by atoms with Gasteiger partial charge in [-0.05, 0) is 34.1 Å². The SMILES string of the molecule is NS(=O)(=O)c1ccc(OCC2CNC(=O)O2)c(Br)c1. The van der Waals surface area contributed by atoms with Gasteiger partial charge < -0.3 is 14.8 Å². The lowest BCUT2D eigenvalue weighted by molar-refractivity contribution is 0.104. The van der Waals surface area contributed by atoms with Crippen molar-refractivity contribution in [2.75, 3.05) is 13.2 Å². The maximum atomic E-state index is 11.1. The third-order valence-electron chi connectivity index (χ3n) is 2.40. The van der Waals surface area contributed by atoms with Gasteiger partial charge >= 0.3 is 6.09 Å². The smallest absolute Gasteiger partial charge is 0.407 e. The van der Waals surface area contributed by atoms with E-state index < -0.39 is 16.1 Å². The Labute approximate surface area is 118 Å². The van der Waals surface area contributed by atoms with E-state index in [1.54, 1.807) is 0 Å². The van der Waals surface area contributed by atoms with E-state index in [0.29, 0.717) is 16.8 Å². The van der Waals surface area contributed by atoms with Crippen LogP contribution in [0.1, 0.15) is 0 Å². The Kier molecular flexibility index (Phi) is 3.97. The van der Waals surface area contributed by atoms with Crippen LogP contribution in [-0.4, -0.2) is 33.8 Å². The number of primary sulfonamides is 1. The molecule has 1 saturated heterocycles. The molecule has 1 atom stereocenters. The molecule has 1 aliphatic rings. The zero-order valence-electron chi connectivity index (χ0n) is 9.63. The molecular formula is C10H11BrN2O5S. The summed E-state index contributed by atoms with van der Waals surface area (Å²) in [6.07, 6.45) is -0.838. The number of nitrogens with two attached hydrogens (primary N) is 1. The number of ether oxygens (including phenoxy) is 2. The van der Waals surface area contributed by atoms with Gasteiger partial charge in [-0.25, -0.2) is 18.4 Å². The maximum absolute atomic E-state index is 11.1. The third kappa shape index (κ3) is 3.58. The summed E-state index contributed by atoms with van der Waals surface area (Å²) in [5, 5.41) is 7.51. The van der Waals surface area contributed by atoms with E-state index in [-0.39, 0.29) is 17.6 Å². The maximum Gasteiger partial charge on any atom is 0.407 e. The van der Waals surface area contributed by atoms with Gasteiger partial charge in [-0.3, -0.25) is 0 Å². The first kappa shape index (κ1) is 14.1. The quantitative estimate of drug-likeness (QED) is 0.825. The topological polar surface area (TPSA) is 108 Å². The van der Waals surface area contributed by atoms with Gasteiger partial charge in [-0.1, -0.05) is 0 Å². The summed E-state index contributed by atoms with van der Waals surface area (Å²) >= 11 is 3.19. The van der Waals surface area contributed by atoms with Crippen LogP contribution in [0.3, 0.4) is 0 Å². The van der Waals surface area contributed by atoms with Crippen molar-refractivity contribution in [1.82, 2.24) is 5.32 Å². The molecule has 1 fully saturated rings. The van der Waals surface area contributed by atoms with E-state index in [1.807, 2.05) is 0 Å². The number of halogens is 1. The van der Waals surface area contributed by atoms with Crippen LogP contribution in [0.4, 0.5) is 4.79 Å². The molecule has 1 amide bonds. The Bertz CT molecular complexity index is 604. The average molecular weight is 351 g/mol. The molecule has 1 aliphatic heterocycles. The van der Waals surface area contributed by atoms with E-state index in [2.05, 4.69) is 21.2 Å². The van der Waals surface area contributed by atoms with E-state index in [4.69, 9.17) is 14.6 Å². The van der Waals surface area contributed by atoms with Crippen LogP contribution in [0, 0.1) is 0 Å². The number of amides is 1. The largest absolute Gasteiger partial charge is 0.488 e. The van der Waals surface area contributed by atoms with Crippen LogP contribution in [-0.2, 0) is 14.8 Å². The summed E-state index contributed by atoms with van der Waals surface area (Å²) in [5.41, 5.74) is 0. The molecule has 0 saturated carbocycles. The standard InChI is InChI=1S/C10H11BrN2O5S/c11-8-3-7(19(12,15)16)1-2-9(8)17-5-6-4-13-10(14)18-6/h1-3,6H,4-5H2,(H,13,14)(H2,12,15,16). The molecule has 1 aromatic carbocycles. The van der Waals surface area contributed by atoms with E-state index >= 15 is 0 Å². The molecule has 1 unspecified atom stereocenters. The Morgan fingerprint density at radius 3 is 2.79 bits per heavy atom. The van der Waals surface area contributed by atoms with Crippen LogP contribution in [0.2, 0.25) is 0 Å². The lowest BCUT2D eigenvalue weighted by atomic mass is 10.3. The molecule has 0 aliphatic carbocycles. The minimum Gasteiger partial charge on any atom is -0.488 e. The molecule has 9 heteroatoms. The van der Waals surface area contributed by atoms with Crippen LogP contribution >= 0.6 is 15.9 Å². The highest BCUT2D eigenvalue weighted by Crippen LogP contribution is 2.27. The molecule has 0 radical (unpaired) electrons. The van der Waals surface area contributed by atoms with Gasteiger partial charge in [-0.15, -0.1) is 0 Å². The first-order valence-electron chi connectivity index (χ1n) is 5.26. The van der Waals surface area contributed by atoms with Gasteiger partial charge in [0.1, 0.15) is 12.4 Å². The number of hydrogen-bond acceptors (Lipinski definition) is 5. The summed E-state index contributed by atoms with van der Waals surface area (Å²) in [7, 11) is -3.74. The minimum absolute atomic E-state index is 0.0133. The van der Waals surface area contributed by atoms with Crippen molar-refractivity contribution in [3.63, 3.8) is 0 Å². The van der Waals surface area contributed by atoms with Crippen molar-refractivity contribution < 1.29 is 22.7 Å². The second kappa shape index (κ2) is 5.35. The van der Waals surface area contributed by atoms with Crippen molar-refractivity contribution in [2.24, 2.45) is 5.14 Å². The number of carbonyl (C=O) groups is 1. The lowest BCUT2D eigenvalue weighted by Gasteiger charge is -2.12. The molecule has 1 heterocycles. The third-order valence-corrected chi connectivity index (χ3v) is 3.94. The normalized spacial score (nSPS) is 18.8. The number of benzene rings is 1. The molecule has 0 spiro atoms. The highest BCUT2D eigenvalue weighted by atomic mass is 79.9. The fourth-order valence-electron chi connectivity index (χ4n) is 1.48. The number of sulfonamides is 1. The minimum atomic E-state index is -3.74. The van der Waals surface area contributed by atoms with E-state index in [9.17, 15) is 13.2 Å². The van der Waals surface area contributed by atoms with Crippen molar-refractivity contribution in [3.8, 4) is 5.75 Å². The van der Waals surface area contributed by atoms with Crippen LogP contribution in [0.15, 0.2) is 27.6 Å². The zero-order chi connectivity index (χ0) is 14.0. The number of hydrogen-bond donors (Lipinski definition) is 2. The molecule has 1 aromatic rings. The van der Waals surface area contributed by atoms with E-state index in [0.717, 1.165) is 0 Å². The summed E-state index contributed by atoms with van der Waals surface area (Å²) in [6, 6.07) is 4.17. The molecule has 7 nitrogen and oxygen atoms in total. The Morgan fingerprint density at radius 2 is 2.26 bits per heavy atom. The number of alkyl carbamates (subject to hydrolysis) is 1. The fourth-order valence-corrected chi connectivity index (χ4v) is 2.67. The predicted molar refractivity (Wildman–Crippen MR) is 69.3 cm³/mol. The monoisotopic (exact) mass is 350 g/mol. The first-order valence-corrected chi connectivity index (χ1v) is 7.60. The van der Waals surface area contributed by atoms with E-state index in [1.165, 1.54) is 18.2 Å². The van der Waals surface area contributed by atoms with Gasteiger partial charge in [0.25, 0.3) is 0 Å². The van der Waals surface area contributed by atoms with Gasteiger partial charge in [0.15, 0.2) is 6.10 Å². The van der Waals surface area contributed by atoms with Crippen LogP contribution < -0.4 is 15.2 Å².